The van der Waals surface area contributed by atoms with E-state index in [0.717, 1.165) is 0 Å². The summed E-state index contributed by atoms with van der Waals surface area (Å²) in [5, 5.41) is 8.01. The van der Waals surface area contributed by atoms with E-state index < -0.39 is 0 Å². The minimum Gasteiger partial charge on any atom is -0.0985 e. The predicted octanol–water partition coefficient (Wildman–Crippen LogP) is 4.29. The summed E-state index contributed by atoms with van der Waals surface area (Å²) < 4.78 is 0. The van der Waals surface area contributed by atoms with Gasteiger partial charge in [-0.3, -0.25) is 0 Å². The van der Waals surface area contributed by atoms with Gasteiger partial charge in [0.25, 0.3) is 0 Å². The summed E-state index contributed by atoms with van der Waals surface area (Å²) in [6, 6.07) is 28.5. The average molecular weight is 308 g/mol. The minimum absolute atomic E-state index is 0.675. The maximum Gasteiger partial charge on any atom is 0.121 e. The number of benzene rings is 4. The Kier molecular flexibility index (Phi) is 3.56. The predicted molar refractivity (Wildman–Crippen MR) is 103 cm³/mol. The van der Waals surface area contributed by atoms with Crippen molar-refractivity contribution in [1.29, 1.82) is 0 Å². The van der Waals surface area contributed by atoms with E-state index in [9.17, 15) is 0 Å². The molecule has 4 aromatic carbocycles. The highest BCUT2D eigenvalue weighted by molar-refractivity contribution is 6.67. The molecule has 0 unspecified atom stereocenters. The molecule has 0 aliphatic carbocycles. The number of hydrogen-bond acceptors (Lipinski definition) is 0. The smallest absolute Gasteiger partial charge is 0.0985 e. The van der Waals surface area contributed by atoms with E-state index in [0.29, 0.717) is 9.52 Å². The zero-order valence-electron chi connectivity index (χ0n) is 12.8. The van der Waals surface area contributed by atoms with Crippen LogP contribution in [0.25, 0.3) is 27.6 Å². The molecule has 1 heteroatoms. The Balaban J connectivity index is 1.77. The highest BCUT2D eigenvalue weighted by Gasteiger charge is 2.03. The first-order chi connectivity index (χ1) is 11.3. The van der Waals surface area contributed by atoms with E-state index in [1.54, 1.807) is 0 Å². The minimum atomic E-state index is 0.675. The summed E-state index contributed by atoms with van der Waals surface area (Å²) >= 11 is 0. The lowest BCUT2D eigenvalue weighted by molar-refractivity contribution is 1.70. The molecule has 0 fully saturated rings. The largest absolute Gasteiger partial charge is 0.121 e. The van der Waals surface area contributed by atoms with Crippen LogP contribution in [0.1, 0.15) is 5.56 Å². The quantitative estimate of drug-likeness (QED) is 0.391. The Labute approximate surface area is 138 Å². The van der Waals surface area contributed by atoms with Gasteiger partial charge in [-0.1, -0.05) is 102 Å². The molecular formula is C22H16Si. The fraction of sp³-hybridized carbons (Fsp3) is 0. The van der Waals surface area contributed by atoms with Crippen LogP contribution in [0.2, 0.25) is 0 Å². The molecule has 0 aromatic heterocycles. The lowest BCUT2D eigenvalue weighted by Gasteiger charge is -2.07. The van der Waals surface area contributed by atoms with Crippen molar-refractivity contribution < 1.29 is 0 Å². The van der Waals surface area contributed by atoms with Crippen molar-refractivity contribution in [2.75, 3.05) is 0 Å². The third-order valence-electron chi connectivity index (χ3n) is 4.18. The molecule has 0 aliphatic heterocycles. The molecule has 0 bridgehead atoms. The first-order valence-corrected chi connectivity index (χ1v) is 8.74. The average Bonchev–Trinajstić information content (AvgIpc) is 2.62. The fourth-order valence-corrected chi connectivity index (χ4v) is 4.00. The summed E-state index contributed by atoms with van der Waals surface area (Å²) in [7, 11) is 0.675. The van der Waals surface area contributed by atoms with Crippen LogP contribution in [0.4, 0.5) is 0 Å². The molecule has 0 nitrogen and oxygen atoms in total. The van der Waals surface area contributed by atoms with E-state index in [4.69, 9.17) is 0 Å². The van der Waals surface area contributed by atoms with Crippen molar-refractivity contribution in [3.05, 3.63) is 91.0 Å². The molecule has 0 atom stereocenters. The molecule has 0 saturated carbocycles. The van der Waals surface area contributed by atoms with Crippen molar-refractivity contribution in [1.82, 2.24) is 0 Å². The molecule has 0 amide bonds. The molecule has 0 aliphatic rings. The van der Waals surface area contributed by atoms with Gasteiger partial charge in [0, 0.05) is 0 Å². The summed E-state index contributed by atoms with van der Waals surface area (Å²) in [5.74, 6) is 0. The molecule has 0 spiro atoms. The summed E-state index contributed by atoms with van der Waals surface area (Å²) in [4.78, 5) is 0. The molecule has 4 rings (SSSR count). The van der Waals surface area contributed by atoms with Gasteiger partial charge in [-0.2, -0.15) is 0 Å². The van der Waals surface area contributed by atoms with Crippen molar-refractivity contribution in [2.24, 2.45) is 0 Å². The summed E-state index contributed by atoms with van der Waals surface area (Å²) in [5.41, 5.74) is 1.17. The van der Waals surface area contributed by atoms with Crippen LogP contribution < -0.4 is 10.4 Å². The molecule has 4 aromatic rings. The van der Waals surface area contributed by atoms with Gasteiger partial charge >= 0.3 is 0 Å². The maximum atomic E-state index is 3.81. The van der Waals surface area contributed by atoms with Gasteiger partial charge in [-0.15, -0.1) is 0 Å². The molecule has 23 heavy (non-hydrogen) atoms. The maximum absolute atomic E-state index is 3.81. The van der Waals surface area contributed by atoms with Crippen LogP contribution in [0, 0.1) is 0 Å². The van der Waals surface area contributed by atoms with Gasteiger partial charge in [-0.25, -0.2) is 0 Å². The van der Waals surface area contributed by atoms with E-state index in [2.05, 4.69) is 85.4 Å². The Morgan fingerprint density at radius 3 is 2.09 bits per heavy atom. The van der Waals surface area contributed by atoms with E-state index in [1.165, 1.54) is 37.5 Å². The first kappa shape index (κ1) is 14.0. The lowest BCUT2D eigenvalue weighted by Crippen LogP contribution is -2.26. The highest BCUT2D eigenvalue weighted by atomic mass is 28.2. The van der Waals surface area contributed by atoms with E-state index >= 15 is 0 Å². The SMILES string of the molecule is C=Cc1ccc([Si]c2ccc3ccc4ccccc4c3c2)cc1. The third-order valence-corrected chi connectivity index (χ3v) is 5.40. The summed E-state index contributed by atoms with van der Waals surface area (Å²) in [6.45, 7) is 3.81. The van der Waals surface area contributed by atoms with Crippen molar-refractivity contribution >= 4 is 47.5 Å². The fourth-order valence-electron chi connectivity index (χ4n) is 2.95. The van der Waals surface area contributed by atoms with Gasteiger partial charge in [0.1, 0.15) is 9.52 Å². The van der Waals surface area contributed by atoms with Gasteiger partial charge in [0.15, 0.2) is 0 Å². The van der Waals surface area contributed by atoms with Crippen LogP contribution in [0.5, 0.6) is 0 Å². The first-order valence-electron chi connectivity index (χ1n) is 7.74. The zero-order chi connectivity index (χ0) is 15.6. The van der Waals surface area contributed by atoms with Crippen LogP contribution in [0.3, 0.4) is 0 Å². The molecular weight excluding hydrogens is 292 g/mol. The van der Waals surface area contributed by atoms with Gasteiger partial charge in [0.2, 0.25) is 0 Å². The molecule has 0 heterocycles. The Morgan fingerprint density at radius 2 is 1.30 bits per heavy atom. The summed E-state index contributed by atoms with van der Waals surface area (Å²) in [6.07, 6.45) is 1.88. The third kappa shape index (κ3) is 2.71. The zero-order valence-corrected chi connectivity index (χ0v) is 13.8. The van der Waals surface area contributed by atoms with Crippen LogP contribution in [-0.4, -0.2) is 9.52 Å². The Hall–Kier alpha value is -2.64. The number of rotatable bonds is 3. The Bertz CT molecular complexity index is 997. The van der Waals surface area contributed by atoms with Gasteiger partial charge in [0.05, 0.1) is 0 Å². The monoisotopic (exact) mass is 308 g/mol. The van der Waals surface area contributed by atoms with Gasteiger partial charge < -0.3 is 0 Å². The van der Waals surface area contributed by atoms with Crippen LogP contribution >= 0.6 is 0 Å². The second-order valence-electron chi connectivity index (χ2n) is 5.67. The van der Waals surface area contributed by atoms with E-state index in [-0.39, 0.29) is 0 Å². The van der Waals surface area contributed by atoms with Crippen LogP contribution in [0.15, 0.2) is 85.4 Å². The topological polar surface area (TPSA) is 0 Å². The lowest BCUT2D eigenvalue weighted by atomic mass is 10.0. The Morgan fingerprint density at radius 1 is 0.652 bits per heavy atom. The van der Waals surface area contributed by atoms with Gasteiger partial charge in [-0.05, 0) is 27.1 Å². The molecule has 0 N–H and O–H groups in total. The van der Waals surface area contributed by atoms with Crippen molar-refractivity contribution in [3.8, 4) is 0 Å². The van der Waals surface area contributed by atoms with Crippen LogP contribution in [-0.2, 0) is 0 Å². The number of hydrogen-bond donors (Lipinski definition) is 0. The standard InChI is InChI=1S/C22H16Si/c1-2-16-7-12-19(13-8-16)23-20-14-11-18-10-9-17-5-3-4-6-21(17)22(18)15-20/h2-15H,1H2. The van der Waals surface area contributed by atoms with Crippen molar-refractivity contribution in [2.45, 2.75) is 0 Å². The highest BCUT2D eigenvalue weighted by Crippen LogP contribution is 2.24. The normalized spacial score (nSPS) is 11.0. The second-order valence-corrected chi connectivity index (χ2v) is 7.08. The van der Waals surface area contributed by atoms with E-state index in [1.807, 2.05) is 6.08 Å². The molecule has 2 radical (unpaired) electrons. The number of fused-ring (bicyclic) bond motifs is 3. The van der Waals surface area contributed by atoms with Crippen molar-refractivity contribution in [3.63, 3.8) is 0 Å². The molecule has 0 saturated heterocycles. The molecule has 108 valence electrons. The second kappa shape index (κ2) is 5.86.